The molecule has 6 rings (SSSR count). The number of nitrogens with one attached hydrogen (secondary N) is 1. The number of rotatable bonds is 4. The van der Waals surface area contributed by atoms with Crippen LogP contribution in [0.4, 0.5) is 27.6 Å². The second-order valence-electron chi connectivity index (χ2n) is 10.9. The number of fused-ring (bicyclic) bond motifs is 4. The van der Waals surface area contributed by atoms with Crippen LogP contribution in [0.5, 0.6) is 0 Å². The first kappa shape index (κ1) is 24.9. The van der Waals surface area contributed by atoms with E-state index in [4.69, 9.17) is 0 Å². The van der Waals surface area contributed by atoms with E-state index in [1.807, 2.05) is 12.3 Å². The van der Waals surface area contributed by atoms with E-state index in [2.05, 4.69) is 23.4 Å². The molecule has 1 saturated carbocycles. The van der Waals surface area contributed by atoms with Crippen LogP contribution >= 0.6 is 0 Å². The lowest BCUT2D eigenvalue weighted by Crippen LogP contribution is -2.47. The maximum Gasteiger partial charge on any atom is 0.392 e. The summed E-state index contributed by atoms with van der Waals surface area (Å²) in [5.74, 6) is -3.08. The Morgan fingerprint density at radius 1 is 1.08 bits per heavy atom. The maximum atomic E-state index is 14.2. The fraction of sp³-hybridized carbons (Fsp3) is 0.367. The van der Waals surface area contributed by atoms with Gasteiger partial charge in [-0.2, -0.15) is 18.3 Å². The summed E-state index contributed by atoms with van der Waals surface area (Å²) in [7, 11) is 0. The van der Waals surface area contributed by atoms with Gasteiger partial charge in [0.2, 0.25) is 0 Å². The number of alkyl halides is 3. The number of benzene rings is 2. The molecule has 1 fully saturated rings. The molecule has 2 aromatic carbocycles. The van der Waals surface area contributed by atoms with E-state index < -0.39 is 23.8 Å². The smallest absolute Gasteiger partial charge is 0.385 e. The number of aromatic nitrogens is 2. The lowest BCUT2D eigenvalue weighted by Gasteiger charge is -2.51. The zero-order valence-corrected chi connectivity index (χ0v) is 20.9. The molecule has 3 nitrogen and oxygen atoms in total. The Balaban J connectivity index is 1.32. The molecule has 4 atom stereocenters. The normalized spacial score (nSPS) is 26.5. The van der Waals surface area contributed by atoms with E-state index in [0.29, 0.717) is 24.9 Å². The van der Waals surface area contributed by atoms with Crippen LogP contribution in [0.25, 0.3) is 11.8 Å². The summed E-state index contributed by atoms with van der Waals surface area (Å²) in [5.41, 5.74) is 5.09. The van der Waals surface area contributed by atoms with Gasteiger partial charge in [-0.15, -0.1) is 0 Å². The molecule has 1 aromatic heterocycles. The fourth-order valence-electron chi connectivity index (χ4n) is 6.83. The van der Waals surface area contributed by atoms with Crippen LogP contribution in [0, 0.1) is 34.8 Å². The second kappa shape index (κ2) is 9.10. The molecule has 0 spiro atoms. The van der Waals surface area contributed by atoms with Gasteiger partial charge in [0.05, 0.1) is 23.5 Å². The molecule has 198 valence electrons. The third-order valence-electron chi connectivity index (χ3n) is 8.69. The number of hydrogen-bond donors (Lipinski definition) is 1. The Morgan fingerprint density at radius 3 is 2.61 bits per heavy atom. The third kappa shape index (κ3) is 4.24. The Labute approximate surface area is 218 Å². The summed E-state index contributed by atoms with van der Waals surface area (Å²) in [6, 6.07) is 12.0. The van der Waals surface area contributed by atoms with Crippen molar-refractivity contribution in [2.45, 2.75) is 38.8 Å². The van der Waals surface area contributed by atoms with Gasteiger partial charge in [0.1, 0.15) is 11.6 Å². The predicted molar refractivity (Wildman–Crippen MR) is 137 cm³/mol. The standard InChI is InChI=1S/C30H28F5N3/c1-29-15-18-16-37-38(23-8-6-20(31)7-9-23)28(18)13-19(29)5-10-24-25(17-36-22-4-2-3-21(32)14-22)27(30(33,34)35)12-11-26(24)29/h2-4,6-9,11,13-14,16,24-25,27,36H,5,10,12,15,17H2,1H3/t24?,25-,27-,29+/m1/s1. The van der Waals surface area contributed by atoms with E-state index in [9.17, 15) is 22.0 Å². The summed E-state index contributed by atoms with van der Waals surface area (Å²) >= 11 is 0. The van der Waals surface area contributed by atoms with Gasteiger partial charge in [-0.05, 0) is 91.6 Å². The zero-order chi connectivity index (χ0) is 26.7. The first-order valence-electron chi connectivity index (χ1n) is 12.9. The third-order valence-corrected chi connectivity index (χ3v) is 8.69. The highest BCUT2D eigenvalue weighted by atomic mass is 19.4. The molecular weight excluding hydrogens is 497 g/mol. The molecule has 3 aliphatic rings. The molecule has 8 heteroatoms. The molecule has 0 amide bonds. The van der Waals surface area contributed by atoms with Crippen LogP contribution in [-0.2, 0) is 6.42 Å². The zero-order valence-electron chi connectivity index (χ0n) is 20.9. The van der Waals surface area contributed by atoms with E-state index in [1.54, 1.807) is 28.9 Å². The molecule has 1 unspecified atom stereocenters. The summed E-state index contributed by atoms with van der Waals surface area (Å²) < 4.78 is 71.5. The van der Waals surface area contributed by atoms with Crippen molar-refractivity contribution in [1.29, 1.82) is 0 Å². The van der Waals surface area contributed by atoms with Crippen LogP contribution in [0.1, 0.15) is 37.4 Å². The van der Waals surface area contributed by atoms with Crippen LogP contribution in [0.3, 0.4) is 0 Å². The Morgan fingerprint density at radius 2 is 1.87 bits per heavy atom. The first-order chi connectivity index (χ1) is 18.1. The lowest BCUT2D eigenvalue weighted by atomic mass is 9.54. The van der Waals surface area contributed by atoms with Gasteiger partial charge in [-0.3, -0.25) is 0 Å². The van der Waals surface area contributed by atoms with Crippen LogP contribution in [-0.4, -0.2) is 22.5 Å². The Kier molecular flexibility index (Phi) is 5.96. The molecule has 1 N–H and O–H groups in total. The van der Waals surface area contributed by atoms with Crippen molar-refractivity contribution in [3.05, 3.63) is 94.8 Å². The number of hydrogen-bond acceptors (Lipinski definition) is 2. The van der Waals surface area contributed by atoms with Crippen molar-refractivity contribution >= 4 is 11.8 Å². The Bertz CT molecular complexity index is 1420. The second-order valence-corrected chi connectivity index (χ2v) is 10.9. The first-order valence-corrected chi connectivity index (χ1v) is 12.9. The van der Waals surface area contributed by atoms with E-state index >= 15 is 0 Å². The van der Waals surface area contributed by atoms with Crippen molar-refractivity contribution in [3.8, 4) is 5.69 Å². The van der Waals surface area contributed by atoms with Gasteiger partial charge in [0.25, 0.3) is 0 Å². The molecule has 3 aliphatic carbocycles. The SMILES string of the molecule is C[C@]12Cc3cnn(-c4ccc(F)cc4)c3C=C1CCC1C2=CC[C@@H](C(F)(F)F)[C@@H]1CNc1cccc(F)c1. The monoisotopic (exact) mass is 525 g/mol. The highest BCUT2D eigenvalue weighted by Gasteiger charge is 2.54. The van der Waals surface area contributed by atoms with Crippen LogP contribution in [0.2, 0.25) is 0 Å². The minimum atomic E-state index is -4.32. The van der Waals surface area contributed by atoms with Crippen molar-refractivity contribution in [2.75, 3.05) is 11.9 Å². The van der Waals surface area contributed by atoms with E-state index in [0.717, 1.165) is 22.5 Å². The summed E-state index contributed by atoms with van der Waals surface area (Å²) in [5, 5.41) is 7.66. The number of anilines is 1. The summed E-state index contributed by atoms with van der Waals surface area (Å²) in [6.07, 6.45) is 3.36. The predicted octanol–water partition coefficient (Wildman–Crippen LogP) is 7.74. The fourth-order valence-corrected chi connectivity index (χ4v) is 6.83. The summed E-state index contributed by atoms with van der Waals surface area (Å²) in [4.78, 5) is 0. The van der Waals surface area contributed by atoms with E-state index in [-0.39, 0.29) is 30.1 Å². The minimum absolute atomic E-state index is 0.0601. The molecule has 0 bridgehead atoms. The number of nitrogens with zero attached hydrogens (tertiary/aromatic N) is 2. The molecule has 0 aliphatic heterocycles. The van der Waals surface area contributed by atoms with E-state index in [1.165, 1.54) is 29.8 Å². The van der Waals surface area contributed by atoms with Crippen molar-refractivity contribution in [2.24, 2.45) is 23.2 Å². The maximum absolute atomic E-state index is 14.2. The van der Waals surface area contributed by atoms with Gasteiger partial charge in [-0.1, -0.05) is 30.2 Å². The number of halogens is 5. The van der Waals surface area contributed by atoms with Crippen LogP contribution < -0.4 is 5.32 Å². The molecule has 0 saturated heterocycles. The summed E-state index contributed by atoms with van der Waals surface area (Å²) in [6.45, 7) is 2.26. The van der Waals surface area contributed by atoms with Gasteiger partial charge in [-0.25, -0.2) is 13.5 Å². The lowest BCUT2D eigenvalue weighted by molar-refractivity contribution is -0.193. The average Bonchev–Trinajstić information content (AvgIpc) is 3.27. The van der Waals surface area contributed by atoms with Gasteiger partial charge in [0.15, 0.2) is 0 Å². The molecule has 0 radical (unpaired) electrons. The van der Waals surface area contributed by atoms with Crippen LogP contribution in [0.15, 0.2) is 72.0 Å². The largest absolute Gasteiger partial charge is 0.392 e. The molecular formula is C30H28F5N3. The average molecular weight is 526 g/mol. The van der Waals surface area contributed by atoms with Crippen molar-refractivity contribution in [3.63, 3.8) is 0 Å². The minimum Gasteiger partial charge on any atom is -0.385 e. The van der Waals surface area contributed by atoms with Gasteiger partial charge in [0, 0.05) is 17.6 Å². The highest BCUT2D eigenvalue weighted by Crippen LogP contribution is 2.58. The Hall–Kier alpha value is -3.42. The molecule has 1 heterocycles. The molecule has 38 heavy (non-hydrogen) atoms. The number of allylic oxidation sites excluding steroid dienone is 3. The van der Waals surface area contributed by atoms with Gasteiger partial charge >= 0.3 is 6.18 Å². The highest BCUT2D eigenvalue weighted by molar-refractivity contribution is 5.63. The van der Waals surface area contributed by atoms with Gasteiger partial charge < -0.3 is 5.32 Å². The topological polar surface area (TPSA) is 29.9 Å². The van der Waals surface area contributed by atoms with Crippen molar-refractivity contribution in [1.82, 2.24) is 9.78 Å². The molecule has 3 aromatic rings. The van der Waals surface area contributed by atoms with Crippen molar-refractivity contribution < 1.29 is 22.0 Å². The quantitative estimate of drug-likeness (QED) is 0.279.